The normalized spacial score (nSPS) is 16.2. The average Bonchev–Trinajstić information content (AvgIpc) is 2.48. The molecule has 6 heteroatoms. The molecule has 0 atom stereocenters. The highest BCUT2D eigenvalue weighted by molar-refractivity contribution is 5.96. The van der Waals surface area contributed by atoms with Gasteiger partial charge in [-0.3, -0.25) is 15.1 Å². The number of hydrogen-bond acceptors (Lipinski definition) is 5. The Morgan fingerprint density at radius 3 is 2.85 bits per heavy atom. The second-order valence-corrected chi connectivity index (χ2v) is 4.96. The number of nitrogens with one attached hydrogen (secondary N) is 2. The molecule has 1 saturated heterocycles. The highest BCUT2D eigenvalue weighted by Gasteiger charge is 2.18. The van der Waals surface area contributed by atoms with E-state index in [-0.39, 0.29) is 10.6 Å². The molecule has 0 bridgehead atoms. The minimum atomic E-state index is -0.363. The maximum absolute atomic E-state index is 11.1. The molecule has 3 rings (SSSR count). The molecule has 1 aliphatic rings. The van der Waals surface area contributed by atoms with Crippen LogP contribution in [-0.2, 0) is 0 Å². The van der Waals surface area contributed by atoms with Gasteiger partial charge in [-0.1, -0.05) is 0 Å². The third kappa shape index (κ3) is 2.42. The highest BCUT2D eigenvalue weighted by Crippen LogP contribution is 2.30. The van der Waals surface area contributed by atoms with Crippen LogP contribution in [0.2, 0.25) is 0 Å². The van der Waals surface area contributed by atoms with E-state index in [1.165, 1.54) is 0 Å². The lowest BCUT2D eigenvalue weighted by Gasteiger charge is -2.25. The number of nitrogens with zero attached hydrogens (tertiary/aromatic N) is 2. The third-order valence-corrected chi connectivity index (χ3v) is 3.64. The lowest BCUT2D eigenvalue weighted by molar-refractivity contribution is -0.383. The van der Waals surface area contributed by atoms with Crippen molar-refractivity contribution >= 4 is 22.3 Å². The molecule has 0 saturated carbocycles. The van der Waals surface area contributed by atoms with Crippen molar-refractivity contribution in [3.63, 3.8) is 0 Å². The van der Waals surface area contributed by atoms with Crippen LogP contribution in [0.3, 0.4) is 0 Å². The zero-order valence-electron chi connectivity index (χ0n) is 11.0. The topological polar surface area (TPSA) is 80.1 Å². The monoisotopic (exact) mass is 272 g/mol. The molecule has 6 nitrogen and oxygen atoms in total. The highest BCUT2D eigenvalue weighted by atomic mass is 16.6. The molecule has 1 fully saturated rings. The summed E-state index contributed by atoms with van der Waals surface area (Å²) in [7, 11) is 0. The molecule has 1 aliphatic heterocycles. The van der Waals surface area contributed by atoms with E-state index in [2.05, 4.69) is 15.6 Å². The van der Waals surface area contributed by atoms with Gasteiger partial charge in [-0.2, -0.15) is 0 Å². The van der Waals surface area contributed by atoms with Gasteiger partial charge in [0, 0.05) is 18.3 Å². The van der Waals surface area contributed by atoms with Gasteiger partial charge in [0.2, 0.25) is 0 Å². The van der Waals surface area contributed by atoms with E-state index in [1.54, 1.807) is 30.5 Å². The molecule has 0 unspecified atom stereocenters. The molecule has 0 radical (unpaired) electrons. The van der Waals surface area contributed by atoms with E-state index < -0.39 is 0 Å². The number of nitro benzene ring substituents is 1. The van der Waals surface area contributed by atoms with Gasteiger partial charge in [0.25, 0.3) is 5.69 Å². The summed E-state index contributed by atoms with van der Waals surface area (Å²) in [5, 5.41) is 18.4. The minimum Gasteiger partial charge on any atom is -0.380 e. The minimum absolute atomic E-state index is 0.101. The number of fused-ring (bicyclic) bond motifs is 1. The maximum atomic E-state index is 11.1. The molecule has 0 aliphatic carbocycles. The largest absolute Gasteiger partial charge is 0.380 e. The first kappa shape index (κ1) is 12.8. The fraction of sp³-hybridized carbons (Fsp3) is 0.357. The van der Waals surface area contributed by atoms with Crippen LogP contribution in [0.4, 0.5) is 11.4 Å². The number of benzene rings is 1. The predicted octanol–water partition coefficient (Wildman–Crippen LogP) is 2.31. The van der Waals surface area contributed by atoms with Crippen molar-refractivity contribution in [3.05, 3.63) is 40.6 Å². The summed E-state index contributed by atoms with van der Waals surface area (Å²) in [6, 6.07) is 7.17. The van der Waals surface area contributed by atoms with Crippen molar-refractivity contribution in [1.29, 1.82) is 0 Å². The fourth-order valence-electron chi connectivity index (χ4n) is 2.62. The zero-order valence-corrected chi connectivity index (χ0v) is 11.0. The van der Waals surface area contributed by atoms with Crippen LogP contribution in [0, 0.1) is 10.1 Å². The standard InChI is InChI=1S/C14H16N4O2/c19-18(20)13-4-3-12(14-11(13)2-1-7-16-14)17-10-5-8-15-9-6-10/h1-4,7,10,15,17H,5-6,8-9H2. The molecular weight excluding hydrogens is 256 g/mol. The summed E-state index contributed by atoms with van der Waals surface area (Å²) in [4.78, 5) is 15.0. The number of rotatable bonds is 3. The van der Waals surface area contributed by atoms with E-state index in [4.69, 9.17) is 0 Å². The van der Waals surface area contributed by atoms with Gasteiger partial charge in [-0.25, -0.2) is 0 Å². The Labute approximate surface area is 116 Å². The van der Waals surface area contributed by atoms with Crippen molar-refractivity contribution in [2.45, 2.75) is 18.9 Å². The van der Waals surface area contributed by atoms with E-state index >= 15 is 0 Å². The first-order valence-corrected chi connectivity index (χ1v) is 6.75. The Morgan fingerprint density at radius 1 is 1.30 bits per heavy atom. The van der Waals surface area contributed by atoms with E-state index in [0.29, 0.717) is 16.9 Å². The van der Waals surface area contributed by atoms with Crippen LogP contribution in [0.1, 0.15) is 12.8 Å². The van der Waals surface area contributed by atoms with Gasteiger partial charge >= 0.3 is 0 Å². The summed E-state index contributed by atoms with van der Waals surface area (Å²) >= 11 is 0. The number of aromatic nitrogens is 1. The van der Waals surface area contributed by atoms with Gasteiger partial charge in [-0.15, -0.1) is 0 Å². The molecule has 20 heavy (non-hydrogen) atoms. The molecule has 104 valence electrons. The van der Waals surface area contributed by atoms with E-state index in [0.717, 1.165) is 31.6 Å². The lowest BCUT2D eigenvalue weighted by atomic mass is 10.1. The third-order valence-electron chi connectivity index (χ3n) is 3.64. The van der Waals surface area contributed by atoms with Crippen LogP contribution < -0.4 is 10.6 Å². The van der Waals surface area contributed by atoms with Crippen LogP contribution >= 0.6 is 0 Å². The molecule has 1 aromatic carbocycles. The van der Waals surface area contributed by atoms with E-state index in [9.17, 15) is 10.1 Å². The summed E-state index contributed by atoms with van der Waals surface area (Å²) in [6.07, 6.45) is 3.76. The van der Waals surface area contributed by atoms with Crippen molar-refractivity contribution in [3.8, 4) is 0 Å². The van der Waals surface area contributed by atoms with Gasteiger partial charge in [0.05, 0.1) is 16.0 Å². The first-order valence-electron chi connectivity index (χ1n) is 6.75. The second-order valence-electron chi connectivity index (χ2n) is 4.96. The number of nitro groups is 1. The smallest absolute Gasteiger partial charge is 0.278 e. The molecular formula is C14H16N4O2. The summed E-state index contributed by atoms with van der Waals surface area (Å²) < 4.78 is 0. The van der Waals surface area contributed by atoms with E-state index in [1.807, 2.05) is 0 Å². The van der Waals surface area contributed by atoms with Crippen molar-refractivity contribution in [1.82, 2.24) is 10.3 Å². The lowest BCUT2D eigenvalue weighted by Crippen LogP contribution is -2.35. The Hall–Kier alpha value is -2.21. The summed E-state index contributed by atoms with van der Waals surface area (Å²) in [6.45, 7) is 1.99. The molecule has 2 heterocycles. The predicted molar refractivity (Wildman–Crippen MR) is 77.9 cm³/mol. The zero-order chi connectivity index (χ0) is 13.9. The maximum Gasteiger partial charge on any atom is 0.278 e. The Morgan fingerprint density at radius 2 is 2.10 bits per heavy atom. The van der Waals surface area contributed by atoms with Gasteiger partial charge in [0.15, 0.2) is 0 Å². The van der Waals surface area contributed by atoms with Crippen molar-refractivity contribution in [2.75, 3.05) is 18.4 Å². The van der Waals surface area contributed by atoms with Crippen LogP contribution in [-0.4, -0.2) is 29.0 Å². The SMILES string of the molecule is O=[N+]([O-])c1ccc(NC2CCNCC2)c2ncccc12. The number of non-ortho nitro benzene ring substituents is 1. The number of pyridine rings is 1. The quantitative estimate of drug-likeness (QED) is 0.662. The molecule has 1 aromatic heterocycles. The second kappa shape index (κ2) is 5.42. The number of hydrogen-bond donors (Lipinski definition) is 2. The molecule has 2 aromatic rings. The van der Waals surface area contributed by atoms with Gasteiger partial charge in [-0.05, 0) is 44.1 Å². The Bertz CT molecular complexity index is 638. The molecule has 0 amide bonds. The first-order chi connectivity index (χ1) is 9.75. The molecule has 0 spiro atoms. The average molecular weight is 272 g/mol. The van der Waals surface area contributed by atoms with Crippen LogP contribution in [0.15, 0.2) is 30.5 Å². The van der Waals surface area contributed by atoms with Crippen molar-refractivity contribution in [2.24, 2.45) is 0 Å². The number of piperidine rings is 1. The van der Waals surface area contributed by atoms with Gasteiger partial charge < -0.3 is 10.6 Å². The number of anilines is 1. The Balaban J connectivity index is 1.99. The van der Waals surface area contributed by atoms with Crippen LogP contribution in [0.5, 0.6) is 0 Å². The Kier molecular flexibility index (Phi) is 3.47. The van der Waals surface area contributed by atoms with Gasteiger partial charge in [0.1, 0.15) is 5.52 Å². The summed E-state index contributed by atoms with van der Waals surface area (Å²) in [5.41, 5.74) is 1.64. The van der Waals surface area contributed by atoms with Crippen LogP contribution in [0.25, 0.3) is 10.9 Å². The van der Waals surface area contributed by atoms with Crippen molar-refractivity contribution < 1.29 is 4.92 Å². The summed E-state index contributed by atoms with van der Waals surface area (Å²) in [5.74, 6) is 0. The fourth-order valence-corrected chi connectivity index (χ4v) is 2.62. The molecule has 2 N–H and O–H groups in total.